The monoisotopic (exact) mass is 218 g/mol. The van der Waals surface area contributed by atoms with Crippen LogP contribution in [0.3, 0.4) is 0 Å². The molecule has 3 nitrogen and oxygen atoms in total. The number of hydrogen-bond acceptors (Lipinski definition) is 2. The van der Waals surface area contributed by atoms with Crippen LogP contribution in [0.1, 0.15) is 19.8 Å². The third-order valence-electron chi connectivity index (χ3n) is 3.25. The highest BCUT2D eigenvalue weighted by Gasteiger charge is 2.42. The maximum absolute atomic E-state index is 13.1. The predicted molar refractivity (Wildman–Crippen MR) is 51.7 cm³/mol. The van der Waals surface area contributed by atoms with Gasteiger partial charge in [0, 0.05) is 31.5 Å². The van der Waals surface area contributed by atoms with E-state index in [1.54, 1.807) is 4.90 Å². The number of carbonyl (C=O) groups is 1. The SMILES string of the molecule is CC1CCN([C@H]2CNCC(F)(F)C2)C1=O. The minimum atomic E-state index is -2.67. The third kappa shape index (κ3) is 2.12. The van der Waals surface area contributed by atoms with Crippen molar-refractivity contribution in [1.82, 2.24) is 10.2 Å². The van der Waals surface area contributed by atoms with Crippen molar-refractivity contribution in [3.8, 4) is 0 Å². The highest BCUT2D eigenvalue weighted by Crippen LogP contribution is 2.29. The van der Waals surface area contributed by atoms with E-state index in [0.717, 1.165) is 6.42 Å². The number of nitrogens with one attached hydrogen (secondary N) is 1. The van der Waals surface area contributed by atoms with E-state index >= 15 is 0 Å². The Bertz CT molecular complexity index is 270. The van der Waals surface area contributed by atoms with E-state index in [4.69, 9.17) is 0 Å². The van der Waals surface area contributed by atoms with Crippen molar-refractivity contribution in [2.75, 3.05) is 19.6 Å². The van der Waals surface area contributed by atoms with E-state index in [-0.39, 0.29) is 30.8 Å². The van der Waals surface area contributed by atoms with Crippen molar-refractivity contribution >= 4 is 5.91 Å². The molecule has 0 radical (unpaired) electrons. The normalized spacial score (nSPS) is 35.9. The van der Waals surface area contributed by atoms with E-state index in [9.17, 15) is 13.6 Å². The minimum absolute atomic E-state index is 0.000508. The summed E-state index contributed by atoms with van der Waals surface area (Å²) in [6, 6.07) is -0.328. The Morgan fingerprint density at radius 2 is 2.27 bits per heavy atom. The molecule has 5 heteroatoms. The highest BCUT2D eigenvalue weighted by atomic mass is 19.3. The van der Waals surface area contributed by atoms with Crippen LogP contribution in [0, 0.1) is 5.92 Å². The molecule has 2 saturated heterocycles. The first-order valence-electron chi connectivity index (χ1n) is 5.39. The minimum Gasteiger partial charge on any atom is -0.338 e. The lowest BCUT2D eigenvalue weighted by molar-refractivity contribution is -0.135. The van der Waals surface area contributed by atoms with Gasteiger partial charge in [-0.2, -0.15) is 0 Å². The summed E-state index contributed by atoms with van der Waals surface area (Å²) in [7, 11) is 0. The Balaban J connectivity index is 2.02. The number of hydrogen-bond donors (Lipinski definition) is 1. The van der Waals surface area contributed by atoms with Gasteiger partial charge in [0.25, 0.3) is 5.92 Å². The number of nitrogens with zero attached hydrogens (tertiary/aromatic N) is 1. The van der Waals surface area contributed by atoms with E-state index in [1.165, 1.54) is 0 Å². The van der Waals surface area contributed by atoms with Crippen molar-refractivity contribution in [3.63, 3.8) is 0 Å². The Labute approximate surface area is 87.8 Å². The summed E-state index contributed by atoms with van der Waals surface area (Å²) >= 11 is 0. The Morgan fingerprint density at radius 3 is 2.80 bits per heavy atom. The lowest BCUT2D eigenvalue weighted by Crippen LogP contribution is -2.54. The van der Waals surface area contributed by atoms with Gasteiger partial charge in [-0.05, 0) is 6.42 Å². The molecule has 0 bridgehead atoms. The molecule has 0 aromatic heterocycles. The first-order chi connectivity index (χ1) is 6.99. The molecule has 2 fully saturated rings. The molecule has 0 saturated carbocycles. The second kappa shape index (κ2) is 3.70. The summed E-state index contributed by atoms with van der Waals surface area (Å²) in [5, 5.41) is 2.69. The van der Waals surface area contributed by atoms with Crippen molar-refractivity contribution in [2.24, 2.45) is 5.92 Å². The first-order valence-corrected chi connectivity index (χ1v) is 5.39. The van der Waals surface area contributed by atoms with Gasteiger partial charge in [-0.25, -0.2) is 8.78 Å². The molecule has 2 rings (SSSR count). The van der Waals surface area contributed by atoms with Crippen molar-refractivity contribution in [1.29, 1.82) is 0 Å². The number of halogens is 2. The zero-order valence-corrected chi connectivity index (χ0v) is 8.80. The predicted octanol–water partition coefficient (Wildman–Crippen LogP) is 0.852. The van der Waals surface area contributed by atoms with E-state index < -0.39 is 5.92 Å². The summed E-state index contributed by atoms with van der Waals surface area (Å²) in [5.41, 5.74) is 0. The van der Waals surface area contributed by atoms with Crippen LogP contribution in [0.15, 0.2) is 0 Å². The second-order valence-electron chi connectivity index (χ2n) is 4.57. The van der Waals surface area contributed by atoms with Gasteiger partial charge in [0.05, 0.1) is 6.54 Å². The maximum atomic E-state index is 13.1. The zero-order valence-electron chi connectivity index (χ0n) is 8.80. The Morgan fingerprint density at radius 1 is 1.53 bits per heavy atom. The lowest BCUT2D eigenvalue weighted by atomic mass is 10.0. The van der Waals surface area contributed by atoms with Gasteiger partial charge >= 0.3 is 0 Å². The van der Waals surface area contributed by atoms with E-state index in [0.29, 0.717) is 13.1 Å². The molecule has 2 atom stereocenters. The Kier molecular flexibility index (Phi) is 2.66. The van der Waals surface area contributed by atoms with Crippen LogP contribution in [0.2, 0.25) is 0 Å². The highest BCUT2D eigenvalue weighted by molar-refractivity contribution is 5.80. The van der Waals surface area contributed by atoms with Crippen molar-refractivity contribution < 1.29 is 13.6 Å². The summed E-state index contributed by atoms with van der Waals surface area (Å²) in [6.45, 7) is 2.72. The molecule has 2 heterocycles. The molecule has 2 aliphatic rings. The molecule has 2 aliphatic heterocycles. The molecule has 1 N–H and O–H groups in total. The number of rotatable bonds is 1. The van der Waals surface area contributed by atoms with Gasteiger partial charge in [-0.3, -0.25) is 4.79 Å². The van der Waals surface area contributed by atoms with Gasteiger partial charge in [0.15, 0.2) is 0 Å². The van der Waals surface area contributed by atoms with Gasteiger partial charge in [-0.1, -0.05) is 6.92 Å². The molecular weight excluding hydrogens is 202 g/mol. The van der Waals surface area contributed by atoms with E-state index in [1.807, 2.05) is 6.92 Å². The van der Waals surface area contributed by atoms with Gasteiger partial charge in [0.2, 0.25) is 5.91 Å². The number of piperidine rings is 1. The molecule has 0 aliphatic carbocycles. The number of alkyl halides is 2. The summed E-state index contributed by atoms with van der Waals surface area (Å²) in [6.07, 6.45) is 0.597. The molecule has 0 aromatic carbocycles. The second-order valence-corrected chi connectivity index (χ2v) is 4.57. The average Bonchev–Trinajstić information content (AvgIpc) is 2.46. The molecule has 15 heavy (non-hydrogen) atoms. The van der Waals surface area contributed by atoms with Gasteiger partial charge < -0.3 is 10.2 Å². The number of likely N-dealkylation sites (tertiary alicyclic amines) is 1. The van der Waals surface area contributed by atoms with Gasteiger partial charge in [0.1, 0.15) is 0 Å². The lowest BCUT2D eigenvalue weighted by Gasteiger charge is -2.35. The number of carbonyl (C=O) groups excluding carboxylic acids is 1. The van der Waals surface area contributed by atoms with Crippen LogP contribution in [0.5, 0.6) is 0 Å². The van der Waals surface area contributed by atoms with Crippen LogP contribution in [0.25, 0.3) is 0 Å². The summed E-state index contributed by atoms with van der Waals surface area (Å²) < 4.78 is 26.3. The largest absolute Gasteiger partial charge is 0.338 e. The van der Waals surface area contributed by atoms with Gasteiger partial charge in [-0.15, -0.1) is 0 Å². The van der Waals surface area contributed by atoms with Crippen LogP contribution in [0.4, 0.5) is 8.78 Å². The van der Waals surface area contributed by atoms with Crippen LogP contribution in [-0.4, -0.2) is 42.4 Å². The molecule has 1 unspecified atom stereocenters. The van der Waals surface area contributed by atoms with Crippen molar-refractivity contribution in [2.45, 2.75) is 31.7 Å². The quantitative estimate of drug-likeness (QED) is 0.707. The van der Waals surface area contributed by atoms with Crippen LogP contribution in [-0.2, 0) is 4.79 Å². The summed E-state index contributed by atoms with van der Waals surface area (Å²) in [4.78, 5) is 13.3. The molecule has 0 spiro atoms. The third-order valence-corrected chi connectivity index (χ3v) is 3.25. The van der Waals surface area contributed by atoms with E-state index in [2.05, 4.69) is 5.32 Å². The standard InChI is InChI=1S/C10H16F2N2O/c1-7-2-3-14(9(7)15)8-4-10(11,12)6-13-5-8/h7-8,13H,2-6H2,1H3/t7?,8-/m1/s1. The molecule has 0 aromatic rings. The first kappa shape index (κ1) is 10.8. The topological polar surface area (TPSA) is 32.3 Å². The molecule has 1 amide bonds. The fourth-order valence-electron chi connectivity index (χ4n) is 2.34. The number of amides is 1. The maximum Gasteiger partial charge on any atom is 0.262 e. The van der Waals surface area contributed by atoms with Crippen LogP contribution < -0.4 is 5.32 Å². The fraction of sp³-hybridized carbons (Fsp3) is 0.900. The molecule has 86 valence electrons. The summed E-state index contributed by atoms with van der Waals surface area (Å²) in [5.74, 6) is -2.64. The fourth-order valence-corrected chi connectivity index (χ4v) is 2.34. The zero-order chi connectivity index (χ0) is 11.1. The Hall–Kier alpha value is -0.710. The van der Waals surface area contributed by atoms with Crippen LogP contribution >= 0.6 is 0 Å². The van der Waals surface area contributed by atoms with Crippen molar-refractivity contribution in [3.05, 3.63) is 0 Å². The average molecular weight is 218 g/mol. The molecular formula is C10H16F2N2O. The smallest absolute Gasteiger partial charge is 0.262 e.